The summed E-state index contributed by atoms with van der Waals surface area (Å²) in [5, 5.41) is 18.6. The van der Waals surface area contributed by atoms with Gasteiger partial charge in [0.1, 0.15) is 12.4 Å². The van der Waals surface area contributed by atoms with E-state index in [9.17, 15) is 19.8 Å². The van der Waals surface area contributed by atoms with Crippen molar-refractivity contribution in [1.82, 2.24) is 14.5 Å². The first-order valence-corrected chi connectivity index (χ1v) is 8.00. The number of aliphatic hydroxyl groups excluding tert-OH is 1. The van der Waals surface area contributed by atoms with Crippen LogP contribution in [0.4, 0.5) is 0 Å². The topological polar surface area (TPSA) is 95.7 Å². The fraction of sp³-hybridized carbons (Fsp3) is 0.471. The van der Waals surface area contributed by atoms with Crippen molar-refractivity contribution in [2.75, 3.05) is 13.1 Å². The Kier molecular flexibility index (Phi) is 4.28. The molecule has 2 unspecified atom stereocenters. The monoisotopic (exact) mass is 331 g/mol. The average Bonchev–Trinajstić information content (AvgIpc) is 2.90. The highest BCUT2D eigenvalue weighted by Gasteiger charge is 2.33. The molecular formula is C17H21N3O4. The number of hydrogen-bond donors (Lipinski definition) is 2. The van der Waals surface area contributed by atoms with E-state index in [1.165, 1.54) is 0 Å². The van der Waals surface area contributed by atoms with Gasteiger partial charge >= 0.3 is 5.97 Å². The molecule has 1 amide bonds. The predicted molar refractivity (Wildman–Crippen MR) is 87.4 cm³/mol. The Labute approximate surface area is 139 Å². The maximum atomic E-state index is 12.7. The summed E-state index contributed by atoms with van der Waals surface area (Å²) in [4.78, 5) is 30.0. The van der Waals surface area contributed by atoms with Crippen LogP contribution in [0.2, 0.25) is 0 Å². The van der Waals surface area contributed by atoms with Gasteiger partial charge in [-0.2, -0.15) is 0 Å². The number of aliphatic carboxylic acids is 1. The van der Waals surface area contributed by atoms with Crippen LogP contribution in [0.15, 0.2) is 18.2 Å². The van der Waals surface area contributed by atoms with E-state index < -0.39 is 11.9 Å². The summed E-state index contributed by atoms with van der Waals surface area (Å²) in [6, 6.07) is 5.22. The molecule has 1 fully saturated rings. The van der Waals surface area contributed by atoms with Gasteiger partial charge < -0.3 is 19.7 Å². The van der Waals surface area contributed by atoms with Crippen molar-refractivity contribution in [1.29, 1.82) is 0 Å². The van der Waals surface area contributed by atoms with Gasteiger partial charge in [-0.3, -0.25) is 9.59 Å². The number of amides is 1. The number of carbonyl (C=O) groups is 2. The van der Waals surface area contributed by atoms with Crippen LogP contribution in [0, 0.1) is 11.8 Å². The molecule has 0 spiro atoms. The molecule has 2 heterocycles. The third-order valence-corrected chi connectivity index (χ3v) is 4.92. The summed E-state index contributed by atoms with van der Waals surface area (Å²) in [5.74, 6) is -0.953. The average molecular weight is 331 g/mol. The van der Waals surface area contributed by atoms with E-state index in [-0.39, 0.29) is 25.0 Å². The molecule has 0 bridgehead atoms. The number of piperidine rings is 1. The highest BCUT2D eigenvalue weighted by molar-refractivity contribution is 5.97. The molecule has 1 aromatic carbocycles. The molecule has 1 saturated heterocycles. The first-order valence-electron chi connectivity index (χ1n) is 8.00. The standard InChI is InChI=1S/C17H21N3O4/c1-10-5-6-20(8-12(10)17(23)24)16(22)11-3-4-14-13(7-11)18-15(9-21)19(14)2/h3-4,7,10,12,21H,5-6,8-9H2,1-2H3,(H,23,24). The Hall–Kier alpha value is -2.41. The van der Waals surface area contributed by atoms with Gasteiger partial charge in [0.15, 0.2) is 0 Å². The normalized spacial score (nSPS) is 21.2. The van der Waals surface area contributed by atoms with Gasteiger partial charge in [0, 0.05) is 25.7 Å². The molecule has 0 radical (unpaired) electrons. The van der Waals surface area contributed by atoms with Crippen molar-refractivity contribution in [3.05, 3.63) is 29.6 Å². The Morgan fingerprint density at radius 2 is 2.12 bits per heavy atom. The molecule has 24 heavy (non-hydrogen) atoms. The number of carbonyl (C=O) groups excluding carboxylic acids is 1. The molecule has 0 aliphatic carbocycles. The summed E-state index contributed by atoms with van der Waals surface area (Å²) in [5.41, 5.74) is 1.97. The Morgan fingerprint density at radius 1 is 1.38 bits per heavy atom. The first kappa shape index (κ1) is 16.4. The van der Waals surface area contributed by atoms with Crippen molar-refractivity contribution in [2.24, 2.45) is 18.9 Å². The molecule has 7 nitrogen and oxygen atoms in total. The molecule has 1 aliphatic rings. The number of likely N-dealkylation sites (tertiary alicyclic amines) is 1. The van der Waals surface area contributed by atoms with Gasteiger partial charge in [-0.1, -0.05) is 6.92 Å². The van der Waals surface area contributed by atoms with E-state index in [4.69, 9.17) is 0 Å². The van der Waals surface area contributed by atoms with Gasteiger partial charge in [0.05, 0.1) is 17.0 Å². The molecule has 2 atom stereocenters. The summed E-state index contributed by atoms with van der Waals surface area (Å²) < 4.78 is 1.78. The minimum absolute atomic E-state index is 0.0666. The van der Waals surface area contributed by atoms with Crippen molar-refractivity contribution < 1.29 is 19.8 Å². The molecule has 2 aromatic rings. The second kappa shape index (κ2) is 6.24. The van der Waals surface area contributed by atoms with Crippen LogP contribution < -0.4 is 0 Å². The number of aryl methyl sites for hydroxylation is 1. The fourth-order valence-electron chi connectivity index (χ4n) is 3.28. The third kappa shape index (κ3) is 2.75. The number of aromatic nitrogens is 2. The minimum Gasteiger partial charge on any atom is -0.481 e. The zero-order chi connectivity index (χ0) is 17.4. The molecule has 3 rings (SSSR count). The first-order chi connectivity index (χ1) is 11.4. The van der Waals surface area contributed by atoms with E-state index in [0.29, 0.717) is 29.9 Å². The molecule has 2 N–H and O–H groups in total. The summed E-state index contributed by atoms with van der Waals surface area (Å²) >= 11 is 0. The largest absolute Gasteiger partial charge is 0.481 e. The van der Waals surface area contributed by atoms with E-state index in [1.54, 1.807) is 27.7 Å². The highest BCUT2D eigenvalue weighted by Crippen LogP contribution is 2.25. The van der Waals surface area contributed by atoms with Crippen molar-refractivity contribution >= 4 is 22.9 Å². The number of hydrogen-bond acceptors (Lipinski definition) is 4. The number of fused-ring (bicyclic) bond motifs is 1. The maximum absolute atomic E-state index is 12.7. The fourth-order valence-corrected chi connectivity index (χ4v) is 3.28. The van der Waals surface area contributed by atoms with Crippen LogP contribution in [0.1, 0.15) is 29.5 Å². The number of carboxylic acids is 1. The van der Waals surface area contributed by atoms with Gasteiger partial charge in [-0.25, -0.2) is 4.98 Å². The van der Waals surface area contributed by atoms with E-state index in [1.807, 2.05) is 14.0 Å². The van der Waals surface area contributed by atoms with Crippen molar-refractivity contribution in [3.63, 3.8) is 0 Å². The zero-order valence-electron chi connectivity index (χ0n) is 13.8. The highest BCUT2D eigenvalue weighted by atomic mass is 16.4. The Balaban J connectivity index is 1.87. The van der Waals surface area contributed by atoms with Crippen LogP contribution in [0.3, 0.4) is 0 Å². The summed E-state index contributed by atoms with van der Waals surface area (Å²) in [6.45, 7) is 2.54. The van der Waals surface area contributed by atoms with Gasteiger partial charge in [0.25, 0.3) is 5.91 Å². The molecular weight excluding hydrogens is 310 g/mol. The van der Waals surface area contributed by atoms with Crippen LogP contribution in [0.5, 0.6) is 0 Å². The van der Waals surface area contributed by atoms with Crippen molar-refractivity contribution in [3.8, 4) is 0 Å². The summed E-state index contributed by atoms with van der Waals surface area (Å²) in [6.07, 6.45) is 0.684. The quantitative estimate of drug-likeness (QED) is 0.882. The SMILES string of the molecule is CC1CCN(C(=O)c2ccc3c(c2)nc(CO)n3C)CC1C(=O)O. The minimum atomic E-state index is -0.854. The molecule has 0 saturated carbocycles. The third-order valence-electron chi connectivity index (χ3n) is 4.92. The Bertz CT molecular complexity index is 798. The van der Waals surface area contributed by atoms with Crippen LogP contribution in [-0.4, -0.2) is 49.6 Å². The van der Waals surface area contributed by atoms with Crippen molar-refractivity contribution in [2.45, 2.75) is 20.0 Å². The second-order valence-electron chi connectivity index (χ2n) is 6.41. The number of benzene rings is 1. The zero-order valence-corrected chi connectivity index (χ0v) is 13.8. The van der Waals surface area contributed by atoms with Gasteiger partial charge in [-0.15, -0.1) is 0 Å². The van der Waals surface area contributed by atoms with Crippen LogP contribution >= 0.6 is 0 Å². The maximum Gasteiger partial charge on any atom is 0.308 e. The van der Waals surface area contributed by atoms with Gasteiger partial charge in [0.2, 0.25) is 0 Å². The predicted octanol–water partition coefficient (Wildman–Crippen LogP) is 1.25. The lowest BCUT2D eigenvalue weighted by Gasteiger charge is -2.34. The van der Waals surface area contributed by atoms with Crippen LogP contribution in [0.25, 0.3) is 11.0 Å². The second-order valence-corrected chi connectivity index (χ2v) is 6.41. The molecule has 1 aliphatic heterocycles. The smallest absolute Gasteiger partial charge is 0.308 e. The lowest BCUT2D eigenvalue weighted by Crippen LogP contribution is -2.45. The van der Waals surface area contributed by atoms with E-state index in [0.717, 1.165) is 5.52 Å². The van der Waals surface area contributed by atoms with E-state index >= 15 is 0 Å². The number of nitrogens with zero attached hydrogens (tertiary/aromatic N) is 3. The van der Waals surface area contributed by atoms with Gasteiger partial charge in [-0.05, 0) is 30.5 Å². The Morgan fingerprint density at radius 3 is 2.79 bits per heavy atom. The number of rotatable bonds is 3. The molecule has 1 aromatic heterocycles. The lowest BCUT2D eigenvalue weighted by molar-refractivity contribution is -0.145. The summed E-state index contributed by atoms with van der Waals surface area (Å²) in [7, 11) is 1.81. The molecule has 7 heteroatoms. The molecule has 128 valence electrons. The van der Waals surface area contributed by atoms with Crippen LogP contribution in [-0.2, 0) is 18.4 Å². The number of imidazole rings is 1. The number of aliphatic hydroxyl groups is 1. The number of carboxylic acid groups (broad SMARTS) is 1. The lowest BCUT2D eigenvalue weighted by atomic mass is 9.87. The van der Waals surface area contributed by atoms with E-state index in [2.05, 4.69) is 4.98 Å².